The molecule has 0 amide bonds. The lowest BCUT2D eigenvalue weighted by molar-refractivity contribution is 0.0196. The maximum absolute atomic E-state index is 10.2. The van der Waals surface area contributed by atoms with Gasteiger partial charge in [0.2, 0.25) is 0 Å². The Morgan fingerprint density at radius 2 is 1.85 bits per heavy atom. The summed E-state index contributed by atoms with van der Waals surface area (Å²) in [5, 5.41) is 18.8. The molecule has 0 spiro atoms. The highest BCUT2D eigenvalue weighted by Gasteiger charge is 2.38. The highest BCUT2D eigenvalue weighted by Crippen LogP contribution is 2.39. The summed E-state index contributed by atoms with van der Waals surface area (Å²) in [6.07, 6.45) is 9.06. The predicted molar refractivity (Wildman–Crippen MR) is 167 cm³/mol. The number of nitrogens with one attached hydrogen (secondary N) is 1. The molecule has 3 saturated heterocycles. The van der Waals surface area contributed by atoms with E-state index in [1.54, 1.807) is 7.11 Å². The van der Waals surface area contributed by atoms with E-state index >= 15 is 0 Å². The summed E-state index contributed by atoms with van der Waals surface area (Å²) in [6.45, 7) is 19.1. The molecule has 40 heavy (non-hydrogen) atoms. The minimum atomic E-state index is -0.122. The molecule has 3 fully saturated rings. The van der Waals surface area contributed by atoms with Crippen LogP contribution in [0.2, 0.25) is 0 Å². The van der Waals surface area contributed by atoms with Crippen LogP contribution >= 0.6 is 0 Å². The van der Waals surface area contributed by atoms with Gasteiger partial charge in [-0.2, -0.15) is 0 Å². The molecule has 3 aliphatic heterocycles. The predicted octanol–water partition coefficient (Wildman–Crippen LogP) is 7.67. The van der Waals surface area contributed by atoms with Crippen molar-refractivity contribution in [1.82, 2.24) is 9.88 Å². The van der Waals surface area contributed by atoms with Crippen LogP contribution in [0.3, 0.4) is 0 Å². The lowest BCUT2D eigenvalue weighted by atomic mass is 9.74. The van der Waals surface area contributed by atoms with E-state index in [-0.39, 0.29) is 16.6 Å². The van der Waals surface area contributed by atoms with Crippen LogP contribution in [-0.2, 0) is 17.3 Å². The summed E-state index contributed by atoms with van der Waals surface area (Å²) in [7, 11) is 1.72. The zero-order chi connectivity index (χ0) is 29.2. The molecule has 2 aromatic carbocycles. The van der Waals surface area contributed by atoms with Gasteiger partial charge in [-0.3, -0.25) is 9.88 Å². The largest absolute Gasteiger partial charge is 0.507 e. The molecular formula is C35H47N3O2. The molecule has 214 valence electrons. The summed E-state index contributed by atoms with van der Waals surface area (Å²) >= 11 is 0. The molecule has 5 heteroatoms. The molecule has 0 saturated carbocycles. The monoisotopic (exact) mass is 541 g/mol. The average Bonchev–Trinajstić information content (AvgIpc) is 2.92. The summed E-state index contributed by atoms with van der Waals surface area (Å²) in [5.74, 6) is 2.66. The molecule has 0 aliphatic carbocycles. The van der Waals surface area contributed by atoms with E-state index in [2.05, 4.69) is 88.3 Å². The molecule has 1 aromatic heterocycles. The first-order valence-corrected chi connectivity index (χ1v) is 14.5. The standard InChI is InChI=1S/C20H24N2O.C15H23NO/c1-3-14-13-22-9-7-15(14)10-17(22)11-16-6-8-21-20-5-4-18(23-2)12-19(16)20;1-14(2,3)11-7-10(9-16)13(17)12(8-11)15(4,5)6/h3-6,8,12,14-15,17H,1,7,9-11,13H2,2H3;7-9,16-17H,1-6H3/t14-,15-,17+;/m0./s1. The Bertz CT molecular complexity index is 1370. The van der Waals surface area contributed by atoms with Crippen LogP contribution in [-0.4, -0.2) is 47.4 Å². The first-order valence-electron chi connectivity index (χ1n) is 14.5. The number of aromatic nitrogens is 1. The second-order valence-electron chi connectivity index (χ2n) is 13.5. The second kappa shape index (κ2) is 11.7. The molecular weight excluding hydrogens is 494 g/mol. The summed E-state index contributed by atoms with van der Waals surface area (Å²) in [4.78, 5) is 7.17. The number of rotatable bonds is 5. The zero-order valence-corrected chi connectivity index (χ0v) is 25.4. The fourth-order valence-electron chi connectivity index (χ4n) is 6.17. The van der Waals surface area contributed by atoms with Gasteiger partial charge in [-0.1, -0.05) is 53.7 Å². The van der Waals surface area contributed by atoms with E-state index in [0.29, 0.717) is 17.5 Å². The molecule has 2 N–H and O–H groups in total. The van der Waals surface area contributed by atoms with Gasteiger partial charge in [0.25, 0.3) is 0 Å². The van der Waals surface area contributed by atoms with E-state index in [1.807, 2.05) is 18.3 Å². The molecule has 0 radical (unpaired) electrons. The van der Waals surface area contributed by atoms with Gasteiger partial charge in [-0.25, -0.2) is 0 Å². The van der Waals surface area contributed by atoms with Crippen molar-refractivity contribution in [3.63, 3.8) is 0 Å². The molecule has 6 rings (SSSR count). The van der Waals surface area contributed by atoms with E-state index in [9.17, 15) is 5.11 Å². The van der Waals surface area contributed by atoms with E-state index in [0.717, 1.165) is 34.7 Å². The van der Waals surface area contributed by atoms with E-state index < -0.39 is 0 Å². The van der Waals surface area contributed by atoms with Crippen LogP contribution < -0.4 is 4.74 Å². The van der Waals surface area contributed by atoms with Gasteiger partial charge in [0, 0.05) is 41.5 Å². The van der Waals surface area contributed by atoms with Crippen molar-refractivity contribution < 1.29 is 9.84 Å². The minimum Gasteiger partial charge on any atom is -0.507 e. The van der Waals surface area contributed by atoms with Crippen LogP contribution in [0, 0.1) is 17.2 Å². The van der Waals surface area contributed by atoms with Gasteiger partial charge in [-0.15, -0.1) is 6.58 Å². The Kier molecular flexibility index (Phi) is 8.75. The quantitative estimate of drug-likeness (QED) is 0.257. The van der Waals surface area contributed by atoms with Crippen molar-refractivity contribution in [2.45, 2.75) is 77.7 Å². The molecule has 2 bridgehead atoms. The minimum absolute atomic E-state index is 0.0193. The number of phenols is 1. The Labute approximate surface area is 240 Å². The number of nitrogens with zero attached hydrogens (tertiary/aromatic N) is 2. The van der Waals surface area contributed by atoms with Crippen molar-refractivity contribution in [3.05, 3.63) is 77.5 Å². The smallest absolute Gasteiger partial charge is 0.128 e. The maximum Gasteiger partial charge on any atom is 0.128 e. The van der Waals surface area contributed by atoms with Crippen LogP contribution in [0.15, 0.2) is 55.3 Å². The van der Waals surface area contributed by atoms with Gasteiger partial charge in [0.15, 0.2) is 0 Å². The summed E-state index contributed by atoms with van der Waals surface area (Å²) in [5.41, 5.74) is 5.00. The number of pyridine rings is 1. The van der Waals surface area contributed by atoms with E-state index in [4.69, 9.17) is 10.1 Å². The molecule has 3 aromatic rings. The number of hydrogen-bond donors (Lipinski definition) is 2. The number of phenolic OH excluding ortho intramolecular Hbond substituents is 1. The third-order valence-electron chi connectivity index (χ3n) is 8.70. The number of hydrogen-bond acceptors (Lipinski definition) is 5. The Hall–Kier alpha value is -3.18. The normalized spacial score (nSPS) is 22.4. The Morgan fingerprint density at radius 1 is 1.10 bits per heavy atom. The average molecular weight is 542 g/mol. The van der Waals surface area contributed by atoms with Crippen molar-refractivity contribution in [1.29, 1.82) is 5.41 Å². The molecule has 3 aliphatic rings. The third-order valence-corrected chi connectivity index (χ3v) is 8.70. The van der Waals surface area contributed by atoms with Gasteiger partial charge in [0.05, 0.1) is 12.6 Å². The molecule has 4 heterocycles. The fraction of sp³-hybridized carbons (Fsp3) is 0.486. The van der Waals surface area contributed by atoms with Gasteiger partial charge in [-0.05, 0) is 89.9 Å². The fourth-order valence-corrected chi connectivity index (χ4v) is 6.17. The Balaban J connectivity index is 0.000000195. The SMILES string of the molecule is C=C[C@H]1CN2CC[C@H]1C[C@@H]2Cc1ccnc2ccc(OC)cc12.CC(C)(C)c1cc(C=N)c(O)c(C(C)(C)C)c1. The van der Waals surface area contributed by atoms with Gasteiger partial charge in [0.1, 0.15) is 11.5 Å². The number of methoxy groups -OCH3 is 1. The van der Waals surface area contributed by atoms with Crippen molar-refractivity contribution in [3.8, 4) is 11.5 Å². The molecule has 5 nitrogen and oxygen atoms in total. The zero-order valence-electron chi connectivity index (χ0n) is 25.4. The number of piperidine rings is 3. The number of ether oxygens (including phenoxy) is 1. The number of fused-ring (bicyclic) bond motifs is 4. The highest BCUT2D eigenvalue weighted by molar-refractivity contribution is 5.84. The Morgan fingerprint density at radius 3 is 2.42 bits per heavy atom. The lowest BCUT2D eigenvalue weighted by Crippen LogP contribution is -2.53. The van der Waals surface area contributed by atoms with Crippen molar-refractivity contribution in [2.75, 3.05) is 20.2 Å². The number of benzene rings is 2. The molecule has 4 atom stereocenters. The summed E-state index contributed by atoms with van der Waals surface area (Å²) < 4.78 is 5.40. The highest BCUT2D eigenvalue weighted by atomic mass is 16.5. The second-order valence-corrected chi connectivity index (χ2v) is 13.5. The van der Waals surface area contributed by atoms with Crippen LogP contribution in [0.25, 0.3) is 10.9 Å². The molecule has 1 unspecified atom stereocenters. The lowest BCUT2D eigenvalue weighted by Gasteiger charge is -2.49. The maximum atomic E-state index is 10.2. The van der Waals surface area contributed by atoms with Crippen LogP contribution in [0.1, 0.15) is 76.6 Å². The first kappa shape index (κ1) is 29.8. The van der Waals surface area contributed by atoms with Crippen molar-refractivity contribution >= 4 is 17.1 Å². The number of aromatic hydroxyl groups is 1. The van der Waals surface area contributed by atoms with Crippen molar-refractivity contribution in [2.24, 2.45) is 11.8 Å². The van der Waals surface area contributed by atoms with Crippen LogP contribution in [0.5, 0.6) is 11.5 Å². The third kappa shape index (κ3) is 6.41. The van der Waals surface area contributed by atoms with Gasteiger partial charge >= 0.3 is 0 Å². The van der Waals surface area contributed by atoms with Crippen LogP contribution in [0.4, 0.5) is 0 Å². The summed E-state index contributed by atoms with van der Waals surface area (Å²) in [6, 6.07) is 13.0. The topological polar surface area (TPSA) is 69.4 Å². The van der Waals surface area contributed by atoms with E-state index in [1.165, 1.54) is 43.1 Å². The first-order chi connectivity index (χ1) is 18.8. The van der Waals surface area contributed by atoms with Gasteiger partial charge < -0.3 is 15.3 Å².